The molecule has 2 aromatic carbocycles. The highest BCUT2D eigenvalue weighted by molar-refractivity contribution is 6.30. The van der Waals surface area contributed by atoms with Crippen LogP contribution < -0.4 is 9.47 Å². The predicted molar refractivity (Wildman–Crippen MR) is 113 cm³/mol. The fraction of sp³-hybridized carbons (Fsp3) is 0.273. The lowest BCUT2D eigenvalue weighted by molar-refractivity contribution is 0.0783. The van der Waals surface area contributed by atoms with Gasteiger partial charge in [0.25, 0.3) is 5.91 Å². The van der Waals surface area contributed by atoms with E-state index in [2.05, 4.69) is 5.10 Å². The monoisotopic (exact) mass is 413 g/mol. The summed E-state index contributed by atoms with van der Waals surface area (Å²) in [5.74, 6) is 1.15. The first-order chi connectivity index (χ1) is 14.0. The zero-order valence-electron chi connectivity index (χ0n) is 17.0. The molecule has 0 aliphatic heterocycles. The van der Waals surface area contributed by atoms with E-state index in [4.69, 9.17) is 21.1 Å². The highest BCUT2D eigenvalue weighted by Crippen LogP contribution is 2.31. The van der Waals surface area contributed by atoms with Crippen LogP contribution in [0.2, 0.25) is 5.02 Å². The second-order valence-corrected chi connectivity index (χ2v) is 7.00. The summed E-state index contributed by atoms with van der Waals surface area (Å²) in [6, 6.07) is 13.0. The van der Waals surface area contributed by atoms with Gasteiger partial charge in [0.15, 0.2) is 11.5 Å². The van der Waals surface area contributed by atoms with Crippen molar-refractivity contribution in [2.75, 3.05) is 21.3 Å². The van der Waals surface area contributed by atoms with Gasteiger partial charge < -0.3 is 14.4 Å². The molecule has 0 spiro atoms. The Bertz CT molecular complexity index is 1020. The number of carbonyl (C=O) groups excluding carboxylic acids is 1. The molecule has 0 bridgehead atoms. The van der Waals surface area contributed by atoms with Gasteiger partial charge >= 0.3 is 0 Å². The minimum absolute atomic E-state index is 0.111. The minimum Gasteiger partial charge on any atom is -0.493 e. The van der Waals surface area contributed by atoms with Crippen LogP contribution >= 0.6 is 11.6 Å². The molecule has 1 aromatic heterocycles. The number of para-hydroxylation sites is 1. The van der Waals surface area contributed by atoms with Crippen molar-refractivity contribution in [1.29, 1.82) is 0 Å². The van der Waals surface area contributed by atoms with Crippen molar-refractivity contribution in [3.8, 4) is 17.2 Å². The van der Waals surface area contributed by atoms with Crippen LogP contribution in [0.1, 0.15) is 28.5 Å². The number of hydrogen-bond acceptors (Lipinski definition) is 4. The molecule has 0 radical (unpaired) electrons. The first kappa shape index (κ1) is 20.7. The number of rotatable bonds is 7. The van der Waals surface area contributed by atoms with Gasteiger partial charge in [0.05, 0.1) is 37.4 Å². The fourth-order valence-electron chi connectivity index (χ4n) is 3.33. The fourth-order valence-corrected chi connectivity index (χ4v) is 3.52. The molecular formula is C22H24ClN3O3. The molecule has 0 atom stereocenters. The van der Waals surface area contributed by atoms with Gasteiger partial charge in [-0.3, -0.25) is 4.79 Å². The summed E-state index contributed by atoms with van der Waals surface area (Å²) >= 11 is 6.12. The summed E-state index contributed by atoms with van der Waals surface area (Å²) in [5, 5.41) is 5.06. The number of nitrogens with zero attached hydrogens (tertiary/aromatic N) is 3. The molecule has 3 rings (SSSR count). The van der Waals surface area contributed by atoms with Crippen molar-refractivity contribution in [2.24, 2.45) is 0 Å². The van der Waals surface area contributed by atoms with Crippen LogP contribution in [0.3, 0.4) is 0 Å². The van der Waals surface area contributed by atoms with Crippen LogP contribution in [0.4, 0.5) is 0 Å². The minimum atomic E-state index is -0.111. The highest BCUT2D eigenvalue weighted by Gasteiger charge is 2.22. The molecule has 0 saturated heterocycles. The average molecular weight is 414 g/mol. The summed E-state index contributed by atoms with van der Waals surface area (Å²) in [6.45, 7) is 2.38. The molecule has 1 heterocycles. The maximum absolute atomic E-state index is 13.2. The Morgan fingerprint density at radius 3 is 2.59 bits per heavy atom. The summed E-state index contributed by atoms with van der Waals surface area (Å²) in [7, 11) is 4.94. The second kappa shape index (κ2) is 9.01. The number of benzene rings is 2. The predicted octanol–water partition coefficient (Wildman–Crippen LogP) is 4.38. The number of amides is 1. The number of aromatic nitrogens is 2. The topological polar surface area (TPSA) is 56.6 Å². The Morgan fingerprint density at radius 1 is 1.17 bits per heavy atom. The van der Waals surface area contributed by atoms with Gasteiger partial charge in [-0.1, -0.05) is 36.7 Å². The zero-order chi connectivity index (χ0) is 21.0. The Kier molecular flexibility index (Phi) is 6.44. The third-order valence-corrected chi connectivity index (χ3v) is 4.96. The van der Waals surface area contributed by atoms with Crippen molar-refractivity contribution < 1.29 is 14.3 Å². The van der Waals surface area contributed by atoms with Crippen molar-refractivity contribution in [3.05, 3.63) is 70.5 Å². The lowest BCUT2D eigenvalue weighted by atomic mass is 10.1. The quantitative estimate of drug-likeness (QED) is 0.576. The molecule has 0 unspecified atom stereocenters. The molecular weight excluding hydrogens is 390 g/mol. The van der Waals surface area contributed by atoms with E-state index in [-0.39, 0.29) is 5.91 Å². The van der Waals surface area contributed by atoms with Gasteiger partial charge in [-0.05, 0) is 30.7 Å². The van der Waals surface area contributed by atoms with E-state index >= 15 is 0 Å². The third kappa shape index (κ3) is 4.22. The van der Waals surface area contributed by atoms with Crippen molar-refractivity contribution >= 4 is 17.5 Å². The van der Waals surface area contributed by atoms with E-state index in [1.165, 1.54) is 0 Å². The lowest BCUT2D eigenvalue weighted by Crippen LogP contribution is -2.27. The SMILES string of the molecule is CCc1c(C(=O)N(C)Cc2cccc(OC)c2OC)cnn1-c1cccc(Cl)c1. The van der Waals surface area contributed by atoms with Crippen LogP contribution in [-0.2, 0) is 13.0 Å². The van der Waals surface area contributed by atoms with Crippen molar-refractivity contribution in [2.45, 2.75) is 19.9 Å². The first-order valence-corrected chi connectivity index (χ1v) is 9.66. The van der Waals surface area contributed by atoms with E-state index < -0.39 is 0 Å². The van der Waals surface area contributed by atoms with Gasteiger partial charge in [0, 0.05) is 24.2 Å². The van der Waals surface area contributed by atoms with Crippen molar-refractivity contribution in [1.82, 2.24) is 14.7 Å². The van der Waals surface area contributed by atoms with E-state index in [1.54, 1.807) is 37.0 Å². The summed E-state index contributed by atoms with van der Waals surface area (Å²) in [4.78, 5) is 14.8. The van der Waals surface area contributed by atoms with E-state index in [9.17, 15) is 4.79 Å². The van der Waals surface area contributed by atoms with Crippen LogP contribution in [0, 0.1) is 0 Å². The standard InChI is InChI=1S/C22H24ClN3O3/c1-5-19-18(13-24-26(19)17-10-7-9-16(23)12-17)22(27)25(2)14-15-8-6-11-20(28-3)21(15)29-4/h6-13H,5,14H2,1-4H3. The molecule has 0 N–H and O–H groups in total. The third-order valence-electron chi connectivity index (χ3n) is 4.73. The summed E-state index contributed by atoms with van der Waals surface area (Å²) < 4.78 is 12.6. The summed E-state index contributed by atoms with van der Waals surface area (Å²) in [5.41, 5.74) is 3.09. The molecule has 29 heavy (non-hydrogen) atoms. The molecule has 3 aromatic rings. The van der Waals surface area contributed by atoms with Crippen LogP contribution in [0.5, 0.6) is 11.5 Å². The van der Waals surface area contributed by atoms with Crippen molar-refractivity contribution in [3.63, 3.8) is 0 Å². The van der Waals surface area contributed by atoms with E-state index in [1.807, 2.05) is 49.4 Å². The number of methoxy groups -OCH3 is 2. The van der Waals surface area contributed by atoms with Crippen LogP contribution in [0.25, 0.3) is 5.69 Å². The lowest BCUT2D eigenvalue weighted by Gasteiger charge is -2.20. The van der Waals surface area contributed by atoms with Gasteiger partial charge in [0.2, 0.25) is 0 Å². The van der Waals surface area contributed by atoms with Gasteiger partial charge in [-0.15, -0.1) is 0 Å². The van der Waals surface area contributed by atoms with E-state index in [0.29, 0.717) is 35.1 Å². The smallest absolute Gasteiger partial charge is 0.257 e. The first-order valence-electron chi connectivity index (χ1n) is 9.28. The van der Waals surface area contributed by atoms with E-state index in [0.717, 1.165) is 16.9 Å². The second-order valence-electron chi connectivity index (χ2n) is 6.56. The molecule has 152 valence electrons. The Morgan fingerprint density at radius 2 is 1.93 bits per heavy atom. The normalized spacial score (nSPS) is 10.7. The molecule has 6 nitrogen and oxygen atoms in total. The number of hydrogen-bond donors (Lipinski definition) is 0. The highest BCUT2D eigenvalue weighted by atomic mass is 35.5. The molecule has 0 saturated carbocycles. The molecule has 1 amide bonds. The van der Waals surface area contributed by atoms with Crippen LogP contribution in [0.15, 0.2) is 48.7 Å². The zero-order valence-corrected chi connectivity index (χ0v) is 17.7. The Labute approximate surface area is 175 Å². The van der Waals surface area contributed by atoms with Gasteiger partial charge in [-0.25, -0.2) is 4.68 Å². The number of halogens is 1. The van der Waals surface area contributed by atoms with Gasteiger partial charge in [0.1, 0.15) is 0 Å². The largest absolute Gasteiger partial charge is 0.493 e. The maximum atomic E-state index is 13.2. The number of ether oxygens (including phenoxy) is 2. The summed E-state index contributed by atoms with van der Waals surface area (Å²) in [6.07, 6.45) is 2.27. The van der Waals surface area contributed by atoms with Gasteiger partial charge in [-0.2, -0.15) is 5.10 Å². The molecule has 0 aliphatic carbocycles. The Hall–Kier alpha value is -2.99. The average Bonchev–Trinajstić information content (AvgIpc) is 3.16. The Balaban J connectivity index is 1.89. The molecule has 7 heteroatoms. The van der Waals surface area contributed by atoms with Crippen LogP contribution in [-0.4, -0.2) is 41.9 Å². The molecule has 0 aliphatic rings. The number of carbonyl (C=O) groups is 1. The molecule has 0 fully saturated rings. The maximum Gasteiger partial charge on any atom is 0.257 e.